The number of phosphoric ester groups is 1. The van der Waals surface area contributed by atoms with Crippen LogP contribution in [0.1, 0.15) is 65.2 Å². The Morgan fingerprint density at radius 3 is 1.75 bits per heavy atom. The van der Waals surface area contributed by atoms with Crippen molar-refractivity contribution in [2.75, 3.05) is 6.61 Å². The molecular weight excluding hydrogens is 362 g/mol. The summed E-state index contributed by atoms with van der Waals surface area (Å²) in [7, 11) is -10.4. The van der Waals surface area contributed by atoms with Gasteiger partial charge < -0.3 is 24.9 Å². The average molecular weight is 392 g/mol. The van der Waals surface area contributed by atoms with E-state index in [-0.39, 0.29) is 12.8 Å². The molecule has 0 saturated carbocycles. The lowest BCUT2D eigenvalue weighted by Crippen LogP contribution is -2.46. The molecule has 0 heterocycles. The van der Waals surface area contributed by atoms with Gasteiger partial charge in [0.15, 0.2) is 0 Å². The van der Waals surface area contributed by atoms with Gasteiger partial charge in [0.25, 0.3) is 0 Å². The molecule has 0 rings (SSSR count). The lowest BCUT2D eigenvalue weighted by atomic mass is 9.85. The van der Waals surface area contributed by atoms with Crippen LogP contribution in [0.5, 0.6) is 0 Å². The zero-order valence-electron chi connectivity index (χ0n) is 14.2. The quantitative estimate of drug-likeness (QED) is 0.221. The molecule has 2 unspecified atom stereocenters. The molecule has 0 aliphatic carbocycles. The molecule has 146 valence electrons. The van der Waals surface area contributed by atoms with Crippen molar-refractivity contribution in [3.8, 4) is 0 Å². The maximum atomic E-state index is 12.0. The zero-order valence-corrected chi connectivity index (χ0v) is 16.0. The number of hydrogen-bond acceptors (Lipinski definition) is 6. The first-order chi connectivity index (χ1) is 11.0. The molecule has 0 bridgehead atoms. The summed E-state index contributed by atoms with van der Waals surface area (Å²) in [5.41, 5.74) is -1.61. The minimum atomic E-state index is -5.26. The predicted octanol–water partition coefficient (Wildman–Crippen LogP) is 2.47. The minimum absolute atomic E-state index is 0.154. The molecule has 0 aliphatic rings. The van der Waals surface area contributed by atoms with E-state index in [1.54, 1.807) is 0 Å². The van der Waals surface area contributed by atoms with E-state index in [1.165, 1.54) is 0 Å². The van der Waals surface area contributed by atoms with Crippen LogP contribution in [0.2, 0.25) is 0 Å². The summed E-state index contributed by atoms with van der Waals surface area (Å²) >= 11 is 0. The molecule has 0 saturated heterocycles. The summed E-state index contributed by atoms with van der Waals surface area (Å²) in [4.78, 5) is 27.1. The van der Waals surface area contributed by atoms with Crippen molar-refractivity contribution in [2.45, 2.75) is 76.9 Å². The minimum Gasteiger partial charge on any atom is -0.394 e. The summed E-state index contributed by atoms with van der Waals surface area (Å²) in [5, 5.41) is 19.5. The fourth-order valence-electron chi connectivity index (χ4n) is 2.51. The lowest BCUT2D eigenvalue weighted by molar-refractivity contribution is -0.0994. The third kappa shape index (κ3) is 9.61. The second-order valence-electron chi connectivity index (χ2n) is 5.81. The highest BCUT2D eigenvalue weighted by molar-refractivity contribution is 7.60. The normalized spacial score (nSPS) is 16.8. The largest absolute Gasteiger partial charge is 0.481 e. The third-order valence-electron chi connectivity index (χ3n) is 3.69. The Hall–Kier alpha value is 0.180. The molecule has 0 aliphatic heterocycles. The first kappa shape index (κ1) is 24.2. The van der Waals surface area contributed by atoms with E-state index in [0.717, 1.165) is 25.7 Å². The smallest absolute Gasteiger partial charge is 0.394 e. The molecule has 0 aromatic rings. The van der Waals surface area contributed by atoms with Gasteiger partial charge in [-0.25, -0.2) is 9.13 Å². The lowest BCUT2D eigenvalue weighted by Gasteiger charge is -2.38. The summed E-state index contributed by atoms with van der Waals surface area (Å²) in [5.74, 6) is 0. The first-order valence-electron chi connectivity index (χ1n) is 8.11. The number of aliphatic hydroxyl groups is 2. The molecule has 2 atom stereocenters. The van der Waals surface area contributed by atoms with Crippen LogP contribution in [0.15, 0.2) is 0 Å². The van der Waals surface area contributed by atoms with Crippen LogP contribution >= 0.6 is 15.6 Å². The SMILES string of the molecule is CCCCCC(CCCCC)(OP(=O)(O)OP(=O)(O)O)C(O)CO. The van der Waals surface area contributed by atoms with Crippen LogP contribution in [0.25, 0.3) is 0 Å². The van der Waals surface area contributed by atoms with Crippen molar-refractivity contribution in [3.63, 3.8) is 0 Å². The van der Waals surface area contributed by atoms with E-state index >= 15 is 0 Å². The van der Waals surface area contributed by atoms with E-state index in [1.807, 2.05) is 13.8 Å². The molecule has 0 radical (unpaired) electrons. The van der Waals surface area contributed by atoms with Gasteiger partial charge in [0.2, 0.25) is 0 Å². The van der Waals surface area contributed by atoms with Crippen LogP contribution in [0.4, 0.5) is 0 Å². The van der Waals surface area contributed by atoms with Gasteiger partial charge in [-0.15, -0.1) is 0 Å². The molecule has 0 fully saturated rings. The standard InChI is InChI=1S/C13H30O9P2/c1-3-5-7-9-13(12(15)11-14,10-8-6-4-2)21-24(19,20)22-23(16,17)18/h12,14-15H,3-11H2,1-2H3,(H,19,20)(H2,16,17,18). The third-order valence-corrected chi connectivity index (χ3v) is 5.96. The molecule has 24 heavy (non-hydrogen) atoms. The number of unbranched alkanes of at least 4 members (excludes halogenated alkanes) is 4. The van der Waals surface area contributed by atoms with Gasteiger partial charge in [-0.3, -0.25) is 4.52 Å². The number of rotatable bonds is 14. The summed E-state index contributed by atoms with van der Waals surface area (Å²) < 4.78 is 31.7. The van der Waals surface area contributed by atoms with Crippen LogP contribution in [-0.4, -0.2) is 43.2 Å². The Balaban J connectivity index is 5.42. The highest BCUT2D eigenvalue weighted by Crippen LogP contribution is 2.60. The van der Waals surface area contributed by atoms with E-state index in [2.05, 4.69) is 4.31 Å². The number of hydrogen-bond donors (Lipinski definition) is 5. The molecule has 5 N–H and O–H groups in total. The average Bonchev–Trinajstić information content (AvgIpc) is 2.43. The fourth-order valence-corrected chi connectivity index (χ4v) is 4.48. The highest BCUT2D eigenvalue weighted by Gasteiger charge is 2.46. The van der Waals surface area contributed by atoms with Gasteiger partial charge in [-0.1, -0.05) is 52.4 Å². The molecule has 0 aromatic carbocycles. The van der Waals surface area contributed by atoms with Crippen LogP contribution in [0, 0.1) is 0 Å². The maximum Gasteiger partial charge on any atom is 0.481 e. The summed E-state index contributed by atoms with van der Waals surface area (Å²) in [6.07, 6.45) is 3.19. The highest BCUT2D eigenvalue weighted by atomic mass is 31.3. The van der Waals surface area contributed by atoms with Gasteiger partial charge in [-0.05, 0) is 12.8 Å². The summed E-state index contributed by atoms with van der Waals surface area (Å²) in [6.45, 7) is 3.19. The first-order valence-corrected chi connectivity index (χ1v) is 11.1. The van der Waals surface area contributed by atoms with Crippen LogP contribution < -0.4 is 0 Å². The second-order valence-corrected chi connectivity index (χ2v) is 8.56. The van der Waals surface area contributed by atoms with Crippen molar-refractivity contribution < 1.29 is 42.9 Å². The molecule has 0 aromatic heterocycles. The van der Waals surface area contributed by atoms with Gasteiger partial charge in [0, 0.05) is 0 Å². The molecule has 0 spiro atoms. The number of aliphatic hydroxyl groups excluding tert-OH is 2. The Morgan fingerprint density at radius 2 is 1.42 bits per heavy atom. The predicted molar refractivity (Wildman–Crippen MR) is 88.1 cm³/mol. The van der Waals surface area contributed by atoms with E-state index in [4.69, 9.17) is 14.3 Å². The van der Waals surface area contributed by atoms with Crippen molar-refractivity contribution in [2.24, 2.45) is 0 Å². The van der Waals surface area contributed by atoms with Gasteiger partial charge in [-0.2, -0.15) is 4.31 Å². The molecule has 11 heteroatoms. The van der Waals surface area contributed by atoms with Crippen LogP contribution in [0.3, 0.4) is 0 Å². The van der Waals surface area contributed by atoms with E-state index in [0.29, 0.717) is 12.8 Å². The molecular formula is C13H30O9P2. The Kier molecular flexibility index (Phi) is 11.1. The van der Waals surface area contributed by atoms with E-state index < -0.39 is 34.0 Å². The van der Waals surface area contributed by atoms with Crippen molar-refractivity contribution in [1.29, 1.82) is 0 Å². The summed E-state index contributed by atoms with van der Waals surface area (Å²) in [6, 6.07) is 0. The van der Waals surface area contributed by atoms with Crippen molar-refractivity contribution in [1.82, 2.24) is 0 Å². The van der Waals surface area contributed by atoms with Gasteiger partial charge in [0.1, 0.15) is 11.7 Å². The molecule has 9 nitrogen and oxygen atoms in total. The van der Waals surface area contributed by atoms with Crippen LogP contribution in [-0.2, 0) is 18.0 Å². The maximum absolute atomic E-state index is 12.0. The second kappa shape index (κ2) is 11.0. The topological polar surface area (TPSA) is 154 Å². The monoisotopic (exact) mass is 392 g/mol. The molecule has 0 amide bonds. The van der Waals surface area contributed by atoms with Gasteiger partial charge >= 0.3 is 15.6 Å². The van der Waals surface area contributed by atoms with E-state index in [9.17, 15) is 24.2 Å². The van der Waals surface area contributed by atoms with Gasteiger partial charge in [0.05, 0.1) is 6.61 Å². The number of phosphoric acid groups is 2. The fraction of sp³-hybridized carbons (Fsp3) is 1.00. The zero-order chi connectivity index (χ0) is 18.9. The van der Waals surface area contributed by atoms with Crippen molar-refractivity contribution in [3.05, 3.63) is 0 Å². The Labute approximate surface area is 142 Å². The Morgan fingerprint density at radius 1 is 0.958 bits per heavy atom. The Bertz CT molecular complexity index is 427. The van der Waals surface area contributed by atoms with Crippen molar-refractivity contribution >= 4 is 15.6 Å².